The minimum absolute atomic E-state index is 0.0811. The van der Waals surface area contributed by atoms with Gasteiger partial charge in [-0.25, -0.2) is 12.7 Å². The molecule has 0 aromatic heterocycles. The summed E-state index contributed by atoms with van der Waals surface area (Å²) in [5.41, 5.74) is 0. The van der Waals surface area contributed by atoms with Gasteiger partial charge in [-0.2, -0.15) is 5.26 Å². The molecule has 2 aliphatic rings. The Hall–Kier alpha value is -0.680. The molecule has 0 aromatic carbocycles. The molecular weight excluding hydrogens is 264 g/mol. The van der Waals surface area contributed by atoms with E-state index in [-0.39, 0.29) is 6.04 Å². The lowest BCUT2D eigenvalue weighted by atomic mass is 9.98. The predicted octanol–water partition coefficient (Wildman–Crippen LogP) is -0.545. The van der Waals surface area contributed by atoms with E-state index in [1.54, 1.807) is 4.31 Å². The monoisotopic (exact) mass is 286 g/mol. The predicted molar refractivity (Wildman–Crippen MR) is 73.0 cm³/mol. The number of nitrogens with one attached hydrogen (secondary N) is 1. The molecule has 108 valence electrons. The normalized spacial score (nSPS) is 30.9. The maximum absolute atomic E-state index is 11.6. The minimum atomic E-state index is -3.08. The van der Waals surface area contributed by atoms with Crippen LogP contribution in [0.4, 0.5) is 0 Å². The third kappa shape index (κ3) is 3.89. The van der Waals surface area contributed by atoms with Crippen LogP contribution in [0, 0.1) is 17.2 Å². The molecule has 2 unspecified atom stereocenters. The molecule has 19 heavy (non-hydrogen) atoms. The molecule has 0 spiro atoms. The van der Waals surface area contributed by atoms with Crippen molar-refractivity contribution in [3.63, 3.8) is 0 Å². The van der Waals surface area contributed by atoms with Crippen molar-refractivity contribution < 1.29 is 8.42 Å². The molecule has 2 aliphatic heterocycles. The van der Waals surface area contributed by atoms with Crippen molar-refractivity contribution >= 4 is 10.0 Å². The maximum Gasteiger partial charge on any atom is 0.211 e. The van der Waals surface area contributed by atoms with Crippen molar-refractivity contribution in [2.24, 2.45) is 5.92 Å². The molecule has 0 amide bonds. The quantitative estimate of drug-likeness (QED) is 0.754. The summed E-state index contributed by atoms with van der Waals surface area (Å²) in [5, 5.41) is 12.3. The van der Waals surface area contributed by atoms with E-state index in [9.17, 15) is 8.42 Å². The van der Waals surface area contributed by atoms with Crippen LogP contribution in [0.2, 0.25) is 0 Å². The van der Waals surface area contributed by atoms with E-state index < -0.39 is 10.0 Å². The summed E-state index contributed by atoms with van der Waals surface area (Å²) < 4.78 is 24.8. The lowest BCUT2D eigenvalue weighted by molar-refractivity contribution is 0.139. The van der Waals surface area contributed by atoms with E-state index in [0.29, 0.717) is 25.6 Å². The Morgan fingerprint density at radius 3 is 2.89 bits per heavy atom. The van der Waals surface area contributed by atoms with Crippen molar-refractivity contribution in [3.05, 3.63) is 0 Å². The van der Waals surface area contributed by atoms with Gasteiger partial charge < -0.3 is 5.32 Å². The van der Waals surface area contributed by atoms with Gasteiger partial charge in [0.05, 0.1) is 12.3 Å². The molecule has 0 radical (unpaired) electrons. The molecule has 2 fully saturated rings. The van der Waals surface area contributed by atoms with Crippen LogP contribution < -0.4 is 5.32 Å². The Labute approximate surface area is 115 Å². The lowest BCUT2D eigenvalue weighted by Gasteiger charge is -2.38. The minimum Gasteiger partial charge on any atom is -0.313 e. The first kappa shape index (κ1) is 14.7. The van der Waals surface area contributed by atoms with Crippen LogP contribution in [0.3, 0.4) is 0 Å². The van der Waals surface area contributed by atoms with Crippen LogP contribution in [0.1, 0.15) is 12.8 Å². The van der Waals surface area contributed by atoms with Gasteiger partial charge in [-0.3, -0.25) is 4.90 Å². The molecule has 0 aromatic rings. The highest BCUT2D eigenvalue weighted by Crippen LogP contribution is 2.20. The van der Waals surface area contributed by atoms with Gasteiger partial charge in [-0.15, -0.1) is 0 Å². The second-order valence-electron chi connectivity index (χ2n) is 5.47. The van der Waals surface area contributed by atoms with E-state index in [1.165, 1.54) is 6.26 Å². The summed E-state index contributed by atoms with van der Waals surface area (Å²) in [4.78, 5) is 2.19. The highest BCUT2D eigenvalue weighted by atomic mass is 32.2. The lowest BCUT2D eigenvalue weighted by Crippen LogP contribution is -2.53. The third-order valence-corrected chi connectivity index (χ3v) is 5.22. The molecule has 0 saturated carbocycles. The third-order valence-electron chi connectivity index (χ3n) is 3.95. The Morgan fingerprint density at radius 1 is 1.42 bits per heavy atom. The molecule has 1 N–H and O–H groups in total. The first-order chi connectivity index (χ1) is 9.00. The molecule has 0 bridgehead atoms. The topological polar surface area (TPSA) is 76.4 Å². The van der Waals surface area contributed by atoms with Crippen molar-refractivity contribution in [2.45, 2.75) is 18.9 Å². The van der Waals surface area contributed by atoms with Gasteiger partial charge in [0.15, 0.2) is 0 Å². The maximum atomic E-state index is 11.6. The number of hydrogen-bond acceptors (Lipinski definition) is 5. The molecule has 2 rings (SSSR count). The molecule has 2 atom stereocenters. The highest BCUT2D eigenvalue weighted by Gasteiger charge is 2.30. The van der Waals surface area contributed by atoms with Crippen molar-refractivity contribution in [1.29, 1.82) is 5.26 Å². The molecule has 2 saturated heterocycles. The number of sulfonamides is 1. The fourth-order valence-electron chi connectivity index (χ4n) is 2.90. The SMILES string of the molecule is CS(=O)(=O)N1CCCC(CN2CCNCC2C#N)C1. The van der Waals surface area contributed by atoms with Crippen LogP contribution in [0.5, 0.6) is 0 Å². The van der Waals surface area contributed by atoms with E-state index in [2.05, 4.69) is 16.3 Å². The Kier molecular flexibility index (Phi) is 4.79. The molecule has 6 nitrogen and oxygen atoms in total. The summed E-state index contributed by atoms with van der Waals surface area (Å²) in [6.07, 6.45) is 3.24. The van der Waals surface area contributed by atoms with E-state index in [4.69, 9.17) is 5.26 Å². The second-order valence-corrected chi connectivity index (χ2v) is 7.46. The van der Waals surface area contributed by atoms with E-state index in [0.717, 1.165) is 32.5 Å². The molecule has 2 heterocycles. The number of nitrogens with zero attached hydrogens (tertiary/aromatic N) is 3. The number of nitriles is 1. The van der Waals surface area contributed by atoms with E-state index >= 15 is 0 Å². The van der Waals surface area contributed by atoms with Gasteiger partial charge in [0.25, 0.3) is 0 Å². The molecule has 7 heteroatoms. The Balaban J connectivity index is 1.93. The number of piperazine rings is 1. The number of hydrogen-bond donors (Lipinski definition) is 1. The average Bonchev–Trinajstić information content (AvgIpc) is 2.39. The van der Waals surface area contributed by atoms with E-state index in [1.807, 2.05) is 0 Å². The van der Waals surface area contributed by atoms with Gasteiger partial charge in [-0.1, -0.05) is 0 Å². The van der Waals surface area contributed by atoms with Gasteiger partial charge in [0.2, 0.25) is 10.0 Å². The zero-order valence-electron chi connectivity index (χ0n) is 11.4. The van der Waals surface area contributed by atoms with Crippen LogP contribution in [-0.4, -0.2) is 69.2 Å². The Bertz CT molecular complexity index is 445. The highest BCUT2D eigenvalue weighted by molar-refractivity contribution is 7.88. The molecule has 0 aliphatic carbocycles. The second kappa shape index (κ2) is 6.18. The van der Waals surface area contributed by atoms with Gasteiger partial charge >= 0.3 is 0 Å². The van der Waals surface area contributed by atoms with Gasteiger partial charge in [0.1, 0.15) is 6.04 Å². The first-order valence-corrected chi connectivity index (χ1v) is 8.65. The number of piperidine rings is 1. The van der Waals surface area contributed by atoms with Crippen LogP contribution in [0.25, 0.3) is 0 Å². The van der Waals surface area contributed by atoms with Crippen molar-refractivity contribution in [1.82, 2.24) is 14.5 Å². The van der Waals surface area contributed by atoms with Crippen LogP contribution in [0.15, 0.2) is 0 Å². The summed E-state index contributed by atoms with van der Waals surface area (Å²) in [6, 6.07) is 2.24. The van der Waals surface area contributed by atoms with Crippen LogP contribution in [-0.2, 0) is 10.0 Å². The fraction of sp³-hybridized carbons (Fsp3) is 0.917. The first-order valence-electron chi connectivity index (χ1n) is 6.80. The standard InChI is InChI=1S/C12H22N4O2S/c1-19(17,18)16-5-2-3-11(10-16)9-15-6-4-14-8-12(15)7-13/h11-12,14H,2-6,8-10H2,1H3. The fourth-order valence-corrected chi connectivity index (χ4v) is 3.84. The summed E-state index contributed by atoms with van der Waals surface area (Å²) in [6.45, 7) is 4.54. The molecular formula is C12H22N4O2S. The summed E-state index contributed by atoms with van der Waals surface area (Å²) in [7, 11) is -3.08. The van der Waals surface area contributed by atoms with Gasteiger partial charge in [0, 0.05) is 39.3 Å². The average molecular weight is 286 g/mol. The van der Waals surface area contributed by atoms with Crippen LogP contribution >= 0.6 is 0 Å². The van der Waals surface area contributed by atoms with Crippen molar-refractivity contribution in [2.75, 3.05) is 45.5 Å². The summed E-state index contributed by atoms with van der Waals surface area (Å²) >= 11 is 0. The zero-order chi connectivity index (χ0) is 13.9. The zero-order valence-corrected chi connectivity index (χ0v) is 12.2. The Morgan fingerprint density at radius 2 is 2.21 bits per heavy atom. The largest absolute Gasteiger partial charge is 0.313 e. The number of rotatable bonds is 3. The van der Waals surface area contributed by atoms with Gasteiger partial charge in [-0.05, 0) is 18.8 Å². The summed E-state index contributed by atoms with van der Waals surface area (Å²) in [5.74, 6) is 0.345. The smallest absolute Gasteiger partial charge is 0.211 e. The van der Waals surface area contributed by atoms with Crippen molar-refractivity contribution in [3.8, 4) is 6.07 Å².